The second-order valence-electron chi connectivity index (χ2n) is 7.66. The summed E-state index contributed by atoms with van der Waals surface area (Å²) in [6.45, 7) is 9.04. The summed E-state index contributed by atoms with van der Waals surface area (Å²) >= 11 is 0. The fourth-order valence-electron chi connectivity index (χ4n) is 4.31. The Morgan fingerprint density at radius 3 is 2.80 bits per heavy atom. The summed E-state index contributed by atoms with van der Waals surface area (Å²) in [6.07, 6.45) is 4.98. The molecule has 1 aliphatic heterocycles. The van der Waals surface area contributed by atoms with Gasteiger partial charge in [0.2, 0.25) is 0 Å². The SMILES string of the molecule is C/C=C(\C)C(=O)O[C@H]1CC(C)=C2C=C[C@](C)(O)[C@@H]2[C@H]2OC(=O)[C@@H](C)[C@@H]21. The Labute approximate surface area is 148 Å². The maximum atomic E-state index is 12.3. The van der Waals surface area contributed by atoms with Crippen LogP contribution < -0.4 is 0 Å². The number of hydrogen-bond acceptors (Lipinski definition) is 5. The number of aliphatic hydroxyl groups is 1. The van der Waals surface area contributed by atoms with Crippen molar-refractivity contribution in [1.82, 2.24) is 0 Å². The van der Waals surface area contributed by atoms with E-state index in [-0.39, 0.29) is 29.7 Å². The summed E-state index contributed by atoms with van der Waals surface area (Å²) in [4.78, 5) is 24.6. The Morgan fingerprint density at radius 1 is 1.48 bits per heavy atom. The molecule has 2 aliphatic carbocycles. The van der Waals surface area contributed by atoms with Crippen molar-refractivity contribution in [3.63, 3.8) is 0 Å². The van der Waals surface area contributed by atoms with Crippen LogP contribution in [0.1, 0.15) is 41.0 Å². The van der Waals surface area contributed by atoms with E-state index in [0.29, 0.717) is 12.0 Å². The predicted molar refractivity (Wildman–Crippen MR) is 92.4 cm³/mol. The normalized spacial score (nSPS) is 40.5. The van der Waals surface area contributed by atoms with Crippen LogP contribution in [0.2, 0.25) is 0 Å². The van der Waals surface area contributed by atoms with Gasteiger partial charge in [0.1, 0.15) is 12.2 Å². The molecule has 0 aromatic carbocycles. The molecule has 0 spiro atoms. The molecular formula is C20H26O5. The molecule has 0 radical (unpaired) electrons. The Hall–Kier alpha value is -1.88. The molecule has 5 heteroatoms. The average molecular weight is 346 g/mol. The summed E-state index contributed by atoms with van der Waals surface area (Å²) in [5, 5.41) is 10.8. The zero-order valence-corrected chi connectivity index (χ0v) is 15.4. The van der Waals surface area contributed by atoms with Gasteiger partial charge in [-0.15, -0.1) is 0 Å². The van der Waals surface area contributed by atoms with Crippen LogP contribution in [0.5, 0.6) is 0 Å². The van der Waals surface area contributed by atoms with E-state index >= 15 is 0 Å². The average Bonchev–Trinajstić information content (AvgIpc) is 2.97. The molecule has 1 heterocycles. The van der Waals surface area contributed by atoms with E-state index in [1.165, 1.54) is 0 Å². The van der Waals surface area contributed by atoms with Crippen molar-refractivity contribution in [2.24, 2.45) is 17.8 Å². The zero-order chi connectivity index (χ0) is 18.5. The van der Waals surface area contributed by atoms with Crippen molar-refractivity contribution in [3.8, 4) is 0 Å². The third-order valence-corrected chi connectivity index (χ3v) is 5.92. The van der Waals surface area contributed by atoms with Gasteiger partial charge >= 0.3 is 11.9 Å². The third kappa shape index (κ3) is 2.84. The van der Waals surface area contributed by atoms with Gasteiger partial charge in [-0.05, 0) is 33.3 Å². The van der Waals surface area contributed by atoms with Gasteiger partial charge in [-0.2, -0.15) is 0 Å². The minimum Gasteiger partial charge on any atom is -0.461 e. The van der Waals surface area contributed by atoms with Crippen molar-refractivity contribution in [2.75, 3.05) is 0 Å². The first-order valence-corrected chi connectivity index (χ1v) is 8.83. The number of fused-ring (bicyclic) bond motifs is 3. The molecule has 0 bridgehead atoms. The lowest BCUT2D eigenvalue weighted by Gasteiger charge is -2.34. The highest BCUT2D eigenvalue weighted by atomic mass is 16.6. The molecular weight excluding hydrogens is 320 g/mol. The minimum atomic E-state index is -1.08. The van der Waals surface area contributed by atoms with Crippen LogP contribution in [0, 0.1) is 17.8 Å². The molecule has 3 aliphatic rings. The van der Waals surface area contributed by atoms with Crippen LogP contribution in [-0.4, -0.2) is 34.9 Å². The quantitative estimate of drug-likeness (QED) is 0.615. The van der Waals surface area contributed by atoms with Gasteiger partial charge < -0.3 is 14.6 Å². The molecule has 1 N–H and O–H groups in total. The predicted octanol–water partition coefficient (Wildman–Crippen LogP) is 2.70. The number of rotatable bonds is 2. The maximum Gasteiger partial charge on any atom is 0.333 e. The van der Waals surface area contributed by atoms with Crippen LogP contribution in [-0.2, 0) is 19.1 Å². The largest absolute Gasteiger partial charge is 0.461 e. The van der Waals surface area contributed by atoms with Crippen molar-refractivity contribution in [3.05, 3.63) is 34.9 Å². The van der Waals surface area contributed by atoms with Gasteiger partial charge in [-0.25, -0.2) is 4.79 Å². The summed E-state index contributed by atoms with van der Waals surface area (Å²) in [7, 11) is 0. The van der Waals surface area contributed by atoms with Gasteiger partial charge in [0.05, 0.1) is 17.4 Å². The standard InChI is InChI=1S/C20H26O5/c1-6-10(2)18(21)24-14-9-11(3)13-7-8-20(5,23)16(13)17-15(14)12(4)19(22)25-17/h6-8,12,14-17,23H,9H2,1-5H3/b10-6+/t12-,14-,15+,16-,17-,20-/m0/s1. The number of ether oxygens (including phenoxy) is 2. The minimum absolute atomic E-state index is 0.273. The number of carbonyl (C=O) groups is 2. The van der Waals surface area contributed by atoms with E-state index < -0.39 is 17.8 Å². The molecule has 0 aromatic rings. The Kier molecular flexibility index (Phi) is 4.40. The van der Waals surface area contributed by atoms with Gasteiger partial charge in [0.15, 0.2) is 0 Å². The van der Waals surface area contributed by atoms with E-state index in [2.05, 4.69) is 0 Å². The van der Waals surface area contributed by atoms with E-state index in [4.69, 9.17) is 9.47 Å². The molecule has 25 heavy (non-hydrogen) atoms. The molecule has 0 saturated carbocycles. The fourth-order valence-corrected chi connectivity index (χ4v) is 4.31. The molecule has 1 saturated heterocycles. The lowest BCUT2D eigenvalue weighted by atomic mass is 9.76. The van der Waals surface area contributed by atoms with Crippen LogP contribution in [0.4, 0.5) is 0 Å². The molecule has 5 nitrogen and oxygen atoms in total. The number of esters is 2. The van der Waals surface area contributed by atoms with Crippen LogP contribution in [0.3, 0.4) is 0 Å². The monoisotopic (exact) mass is 346 g/mol. The first kappa shape index (κ1) is 17.9. The zero-order valence-electron chi connectivity index (χ0n) is 15.4. The lowest BCUT2D eigenvalue weighted by molar-refractivity contribution is -0.150. The molecule has 3 rings (SSSR count). The molecule has 0 aromatic heterocycles. The molecule has 0 unspecified atom stereocenters. The Balaban J connectivity index is 2.01. The summed E-state index contributed by atoms with van der Waals surface area (Å²) in [5.74, 6) is -1.63. The van der Waals surface area contributed by atoms with Crippen LogP contribution >= 0.6 is 0 Å². The second kappa shape index (κ2) is 6.13. The summed E-state index contributed by atoms with van der Waals surface area (Å²) in [6, 6.07) is 0. The molecule has 0 amide bonds. The highest BCUT2D eigenvalue weighted by molar-refractivity contribution is 5.87. The molecule has 1 fully saturated rings. The van der Waals surface area contributed by atoms with Crippen molar-refractivity contribution >= 4 is 11.9 Å². The maximum absolute atomic E-state index is 12.3. The first-order valence-electron chi connectivity index (χ1n) is 8.83. The number of hydrogen-bond donors (Lipinski definition) is 1. The lowest BCUT2D eigenvalue weighted by Crippen LogP contribution is -2.44. The Morgan fingerprint density at radius 2 is 2.16 bits per heavy atom. The Bertz CT molecular complexity index is 697. The van der Waals surface area contributed by atoms with E-state index in [1.54, 1.807) is 32.9 Å². The fraction of sp³-hybridized carbons (Fsp3) is 0.600. The van der Waals surface area contributed by atoms with Gasteiger partial charge in [0.25, 0.3) is 0 Å². The molecule has 6 atom stereocenters. The topological polar surface area (TPSA) is 72.8 Å². The summed E-state index contributed by atoms with van der Waals surface area (Å²) in [5.41, 5.74) is 1.51. The smallest absolute Gasteiger partial charge is 0.333 e. The van der Waals surface area contributed by atoms with Crippen molar-refractivity contribution < 1.29 is 24.2 Å². The van der Waals surface area contributed by atoms with Crippen molar-refractivity contribution in [2.45, 2.75) is 58.8 Å². The van der Waals surface area contributed by atoms with Crippen LogP contribution in [0.15, 0.2) is 34.9 Å². The molecule has 136 valence electrons. The highest BCUT2D eigenvalue weighted by Crippen LogP contribution is 2.50. The van der Waals surface area contributed by atoms with E-state index in [0.717, 1.165) is 11.1 Å². The number of allylic oxidation sites excluding steroid dienone is 2. The first-order chi connectivity index (χ1) is 11.7. The van der Waals surface area contributed by atoms with Gasteiger partial charge in [0, 0.05) is 17.9 Å². The van der Waals surface area contributed by atoms with Crippen LogP contribution in [0.25, 0.3) is 0 Å². The second-order valence-corrected chi connectivity index (χ2v) is 7.66. The van der Waals surface area contributed by atoms with Crippen molar-refractivity contribution in [1.29, 1.82) is 0 Å². The number of carbonyl (C=O) groups excluding carboxylic acids is 2. The van der Waals surface area contributed by atoms with E-state index in [9.17, 15) is 14.7 Å². The van der Waals surface area contributed by atoms with Gasteiger partial charge in [-0.3, -0.25) is 4.79 Å². The van der Waals surface area contributed by atoms with Gasteiger partial charge in [-0.1, -0.05) is 30.7 Å². The third-order valence-electron chi connectivity index (χ3n) is 5.92. The summed E-state index contributed by atoms with van der Waals surface area (Å²) < 4.78 is 11.5. The van der Waals surface area contributed by atoms with E-state index in [1.807, 2.05) is 19.9 Å². The highest BCUT2D eigenvalue weighted by Gasteiger charge is 2.57.